The van der Waals surface area contributed by atoms with Crippen LogP contribution in [0.15, 0.2) is 78.9 Å². The number of hydrogen-bond acceptors (Lipinski definition) is 3. The van der Waals surface area contributed by atoms with Crippen molar-refractivity contribution in [2.45, 2.75) is 32.8 Å². The summed E-state index contributed by atoms with van der Waals surface area (Å²) in [4.78, 5) is 12.3. The van der Waals surface area contributed by atoms with Crippen LogP contribution in [0, 0.1) is 0 Å². The highest BCUT2D eigenvalue weighted by Crippen LogP contribution is 2.16. The van der Waals surface area contributed by atoms with Gasteiger partial charge < -0.3 is 14.8 Å². The maximum atomic E-state index is 12.3. The highest BCUT2D eigenvalue weighted by molar-refractivity contribution is 5.78. The molecule has 1 amide bonds. The van der Waals surface area contributed by atoms with E-state index in [-0.39, 0.29) is 18.1 Å². The summed E-state index contributed by atoms with van der Waals surface area (Å²) in [7, 11) is 0. The van der Waals surface area contributed by atoms with Crippen LogP contribution in [-0.2, 0) is 35.7 Å². The predicted molar refractivity (Wildman–Crippen MR) is 110 cm³/mol. The van der Waals surface area contributed by atoms with Gasteiger partial charge in [0.1, 0.15) is 5.75 Å². The number of nitrogens with one attached hydrogen (secondary N) is 1. The van der Waals surface area contributed by atoms with E-state index in [9.17, 15) is 13.6 Å². The highest BCUT2D eigenvalue weighted by atomic mass is 19.3. The first kappa shape index (κ1) is 21.5. The summed E-state index contributed by atoms with van der Waals surface area (Å²) in [5.41, 5.74) is 3.82. The van der Waals surface area contributed by atoms with E-state index in [1.165, 1.54) is 12.1 Å². The van der Waals surface area contributed by atoms with Gasteiger partial charge in [-0.1, -0.05) is 66.7 Å². The maximum Gasteiger partial charge on any atom is 0.387 e. The Balaban J connectivity index is 1.48. The van der Waals surface area contributed by atoms with Crippen LogP contribution in [0.5, 0.6) is 5.75 Å². The highest BCUT2D eigenvalue weighted by Gasteiger charge is 2.08. The van der Waals surface area contributed by atoms with E-state index in [1.807, 2.05) is 54.6 Å². The van der Waals surface area contributed by atoms with Crippen molar-refractivity contribution in [3.8, 4) is 5.75 Å². The Morgan fingerprint density at radius 1 is 0.800 bits per heavy atom. The fraction of sp³-hybridized carbons (Fsp3) is 0.208. The lowest BCUT2D eigenvalue weighted by Crippen LogP contribution is -2.25. The average molecular weight is 411 g/mol. The Morgan fingerprint density at radius 3 is 2.17 bits per heavy atom. The minimum absolute atomic E-state index is 0.0681. The van der Waals surface area contributed by atoms with E-state index in [4.69, 9.17) is 4.74 Å². The molecule has 0 saturated heterocycles. The minimum Gasteiger partial charge on any atom is -0.435 e. The Bertz CT molecular complexity index is 931. The van der Waals surface area contributed by atoms with Crippen molar-refractivity contribution in [3.63, 3.8) is 0 Å². The molecule has 6 heteroatoms. The number of carbonyl (C=O) groups excluding carboxylic acids is 1. The first-order valence-corrected chi connectivity index (χ1v) is 9.59. The van der Waals surface area contributed by atoms with Crippen molar-refractivity contribution < 1.29 is 23.0 Å². The van der Waals surface area contributed by atoms with Gasteiger partial charge in [-0.3, -0.25) is 4.79 Å². The molecule has 0 bridgehead atoms. The lowest BCUT2D eigenvalue weighted by Gasteiger charge is -2.12. The average Bonchev–Trinajstić information content (AvgIpc) is 2.75. The number of rotatable bonds is 10. The van der Waals surface area contributed by atoms with Gasteiger partial charge in [0.05, 0.1) is 19.6 Å². The van der Waals surface area contributed by atoms with Crippen LogP contribution >= 0.6 is 0 Å². The predicted octanol–water partition coefficient (Wildman–Crippen LogP) is 4.86. The third kappa shape index (κ3) is 6.97. The van der Waals surface area contributed by atoms with E-state index in [0.717, 1.165) is 16.7 Å². The Morgan fingerprint density at radius 2 is 1.47 bits per heavy atom. The third-order valence-electron chi connectivity index (χ3n) is 4.48. The van der Waals surface area contributed by atoms with E-state index >= 15 is 0 Å². The van der Waals surface area contributed by atoms with Gasteiger partial charge in [-0.2, -0.15) is 8.78 Å². The molecule has 156 valence electrons. The molecule has 0 atom stereocenters. The zero-order chi connectivity index (χ0) is 21.2. The summed E-state index contributed by atoms with van der Waals surface area (Å²) in [6.45, 7) is -1.51. The summed E-state index contributed by atoms with van der Waals surface area (Å²) in [6.07, 6.45) is 0.154. The number of alkyl halides is 2. The molecule has 0 fully saturated rings. The van der Waals surface area contributed by atoms with E-state index < -0.39 is 6.61 Å². The summed E-state index contributed by atoms with van der Waals surface area (Å²) in [6, 6.07) is 23.8. The monoisotopic (exact) mass is 411 g/mol. The second-order valence-electron chi connectivity index (χ2n) is 6.72. The quantitative estimate of drug-likeness (QED) is 0.518. The molecule has 3 rings (SSSR count). The number of carbonyl (C=O) groups is 1. The molecule has 0 spiro atoms. The van der Waals surface area contributed by atoms with Crippen LogP contribution < -0.4 is 10.1 Å². The van der Waals surface area contributed by atoms with Crippen molar-refractivity contribution in [2.24, 2.45) is 0 Å². The van der Waals surface area contributed by atoms with Crippen molar-refractivity contribution in [3.05, 3.63) is 101 Å². The summed E-state index contributed by atoms with van der Waals surface area (Å²) >= 11 is 0. The minimum atomic E-state index is -2.86. The molecule has 0 aliphatic rings. The second kappa shape index (κ2) is 11.1. The second-order valence-corrected chi connectivity index (χ2v) is 6.72. The summed E-state index contributed by atoms with van der Waals surface area (Å²) < 4.78 is 34.5. The normalized spacial score (nSPS) is 10.8. The van der Waals surface area contributed by atoms with Gasteiger partial charge in [0.2, 0.25) is 5.91 Å². The van der Waals surface area contributed by atoms with Gasteiger partial charge in [-0.15, -0.1) is 0 Å². The van der Waals surface area contributed by atoms with E-state index in [2.05, 4.69) is 10.1 Å². The molecule has 0 aliphatic heterocycles. The summed E-state index contributed by atoms with van der Waals surface area (Å²) in [5.74, 6) is -0.0869. The molecule has 3 aromatic rings. The number of halogens is 2. The largest absolute Gasteiger partial charge is 0.435 e. The van der Waals surface area contributed by atoms with Crippen LogP contribution in [0.25, 0.3) is 0 Å². The molecule has 1 N–H and O–H groups in total. The molecule has 4 nitrogen and oxygen atoms in total. The molecule has 0 heterocycles. The van der Waals surface area contributed by atoms with Crippen LogP contribution in [0.1, 0.15) is 22.3 Å². The first-order chi connectivity index (χ1) is 14.6. The van der Waals surface area contributed by atoms with Gasteiger partial charge in [0.25, 0.3) is 0 Å². The number of benzene rings is 3. The molecule has 0 aliphatic carbocycles. The number of hydrogen-bond donors (Lipinski definition) is 1. The fourth-order valence-electron chi connectivity index (χ4n) is 2.95. The number of ether oxygens (including phenoxy) is 2. The topological polar surface area (TPSA) is 47.6 Å². The first-order valence-electron chi connectivity index (χ1n) is 9.59. The number of amides is 1. The third-order valence-corrected chi connectivity index (χ3v) is 4.48. The Hall–Kier alpha value is -3.25. The molecule has 30 heavy (non-hydrogen) atoms. The van der Waals surface area contributed by atoms with Crippen molar-refractivity contribution in [1.82, 2.24) is 5.32 Å². The Labute approximate surface area is 174 Å². The van der Waals surface area contributed by atoms with Gasteiger partial charge in [0, 0.05) is 6.54 Å². The van der Waals surface area contributed by atoms with Crippen molar-refractivity contribution in [2.75, 3.05) is 0 Å². The van der Waals surface area contributed by atoms with Crippen molar-refractivity contribution >= 4 is 5.91 Å². The lowest BCUT2D eigenvalue weighted by molar-refractivity contribution is -0.120. The van der Waals surface area contributed by atoms with Gasteiger partial charge in [-0.05, 0) is 34.4 Å². The molecule has 0 saturated carbocycles. The van der Waals surface area contributed by atoms with Gasteiger partial charge in [-0.25, -0.2) is 0 Å². The van der Waals surface area contributed by atoms with Gasteiger partial charge in [0.15, 0.2) is 0 Å². The standard InChI is InChI=1S/C24H23F2NO3/c25-24(26)30-22-12-10-18(11-13-22)14-23(28)27-15-20-8-4-5-9-21(20)17-29-16-19-6-2-1-3-7-19/h1-13,24H,14-17H2,(H,27,28). The smallest absolute Gasteiger partial charge is 0.387 e. The van der Waals surface area contributed by atoms with E-state index in [1.54, 1.807) is 12.1 Å². The van der Waals surface area contributed by atoms with Crippen LogP contribution in [0.3, 0.4) is 0 Å². The van der Waals surface area contributed by atoms with Crippen LogP contribution in [0.4, 0.5) is 8.78 Å². The zero-order valence-electron chi connectivity index (χ0n) is 16.4. The molecular weight excluding hydrogens is 388 g/mol. The summed E-state index contributed by atoms with van der Waals surface area (Å²) in [5, 5.41) is 2.90. The van der Waals surface area contributed by atoms with E-state index in [0.29, 0.717) is 25.3 Å². The van der Waals surface area contributed by atoms with Crippen LogP contribution in [-0.4, -0.2) is 12.5 Å². The van der Waals surface area contributed by atoms with Crippen molar-refractivity contribution in [1.29, 1.82) is 0 Å². The van der Waals surface area contributed by atoms with Crippen LogP contribution in [0.2, 0.25) is 0 Å². The lowest BCUT2D eigenvalue weighted by atomic mass is 10.1. The fourth-order valence-corrected chi connectivity index (χ4v) is 2.95. The van der Waals surface area contributed by atoms with Gasteiger partial charge >= 0.3 is 6.61 Å². The molecule has 0 aromatic heterocycles. The zero-order valence-corrected chi connectivity index (χ0v) is 16.4. The SMILES string of the molecule is O=C(Cc1ccc(OC(F)F)cc1)NCc1ccccc1COCc1ccccc1. The molecule has 0 radical (unpaired) electrons. The Kier molecular flexibility index (Phi) is 7.92. The molecular formula is C24H23F2NO3. The molecule has 0 unspecified atom stereocenters. The maximum absolute atomic E-state index is 12.3. The molecule has 3 aromatic carbocycles.